The first-order valence-electron chi connectivity index (χ1n) is 12.7. The maximum absolute atomic E-state index is 10.8. The Balaban J connectivity index is 1.44. The lowest BCUT2D eigenvalue weighted by molar-refractivity contribution is -0.213. The number of aliphatic hydroxyl groups excluding tert-OH is 1. The molecule has 2 saturated carbocycles. The topological polar surface area (TPSA) is 81.9 Å². The molecule has 1 saturated heterocycles. The molecule has 3 fully saturated rings. The van der Waals surface area contributed by atoms with E-state index >= 15 is 0 Å². The normalized spacial score (nSPS) is 26.2. The van der Waals surface area contributed by atoms with E-state index in [-0.39, 0.29) is 11.6 Å². The molecular formula is C26H38N4O3. The van der Waals surface area contributed by atoms with E-state index in [1.54, 1.807) is 0 Å². The molecule has 0 bridgehead atoms. The van der Waals surface area contributed by atoms with Gasteiger partial charge in [0, 0.05) is 43.6 Å². The maximum Gasteiger partial charge on any atom is 0.216 e. The van der Waals surface area contributed by atoms with Gasteiger partial charge in [0.05, 0.1) is 30.1 Å². The molecule has 1 aromatic heterocycles. The predicted molar refractivity (Wildman–Crippen MR) is 126 cm³/mol. The summed E-state index contributed by atoms with van der Waals surface area (Å²) in [6, 6.07) is 2.64. The van der Waals surface area contributed by atoms with Gasteiger partial charge in [-0.05, 0) is 56.9 Å². The molecule has 7 nitrogen and oxygen atoms in total. The third-order valence-corrected chi connectivity index (χ3v) is 7.70. The molecule has 2 atom stereocenters. The molecule has 180 valence electrons. The highest BCUT2D eigenvalue weighted by Gasteiger charge is 2.40. The highest BCUT2D eigenvalue weighted by atomic mass is 16.6. The lowest BCUT2D eigenvalue weighted by Crippen LogP contribution is -2.59. The van der Waals surface area contributed by atoms with Crippen LogP contribution in [0.1, 0.15) is 81.7 Å². The van der Waals surface area contributed by atoms with Crippen LogP contribution in [0.25, 0.3) is 0 Å². The van der Waals surface area contributed by atoms with Gasteiger partial charge >= 0.3 is 0 Å². The van der Waals surface area contributed by atoms with Gasteiger partial charge in [0.15, 0.2) is 0 Å². The van der Waals surface area contributed by atoms with E-state index in [4.69, 9.17) is 14.5 Å². The van der Waals surface area contributed by atoms with Gasteiger partial charge in [-0.2, -0.15) is 5.26 Å². The van der Waals surface area contributed by atoms with Gasteiger partial charge in [0.25, 0.3) is 0 Å². The molecular weight excluding hydrogens is 416 g/mol. The number of nitrogens with zero attached hydrogens (tertiary/aromatic N) is 4. The van der Waals surface area contributed by atoms with E-state index in [0.717, 1.165) is 42.1 Å². The Morgan fingerprint density at radius 2 is 1.97 bits per heavy atom. The molecule has 7 heteroatoms. The van der Waals surface area contributed by atoms with Crippen molar-refractivity contribution in [3.05, 3.63) is 22.4 Å². The molecule has 0 amide bonds. The van der Waals surface area contributed by atoms with Crippen LogP contribution in [-0.4, -0.2) is 59.3 Å². The second-order valence-corrected chi connectivity index (χ2v) is 11.4. The number of ether oxygens (including phenoxy) is 2. The summed E-state index contributed by atoms with van der Waals surface area (Å²) in [7, 11) is 0. The molecule has 0 spiro atoms. The Hall–Kier alpha value is -1.72. The number of rotatable bonds is 7. The van der Waals surface area contributed by atoms with Crippen LogP contribution in [0.2, 0.25) is 0 Å². The van der Waals surface area contributed by atoms with E-state index in [0.29, 0.717) is 43.1 Å². The van der Waals surface area contributed by atoms with E-state index in [9.17, 15) is 10.4 Å². The lowest BCUT2D eigenvalue weighted by Gasteiger charge is -2.46. The smallest absolute Gasteiger partial charge is 0.216 e. The summed E-state index contributed by atoms with van der Waals surface area (Å²) in [6.45, 7) is 11.9. The first kappa shape index (κ1) is 23.0. The van der Waals surface area contributed by atoms with Crippen molar-refractivity contribution in [2.24, 2.45) is 11.8 Å². The Kier molecular flexibility index (Phi) is 6.15. The minimum Gasteiger partial charge on any atom is -0.370 e. The molecule has 4 aliphatic rings. The van der Waals surface area contributed by atoms with Crippen molar-refractivity contribution in [3.63, 3.8) is 0 Å². The fraction of sp³-hybridized carbons (Fsp3) is 0.769. The third kappa shape index (κ3) is 4.77. The monoisotopic (exact) mass is 454 g/mol. The van der Waals surface area contributed by atoms with Crippen LogP contribution in [0.5, 0.6) is 0 Å². The largest absolute Gasteiger partial charge is 0.370 e. The maximum atomic E-state index is 10.8. The van der Waals surface area contributed by atoms with Crippen LogP contribution in [0, 0.1) is 23.2 Å². The Labute approximate surface area is 197 Å². The third-order valence-electron chi connectivity index (χ3n) is 7.70. The fourth-order valence-corrected chi connectivity index (χ4v) is 5.31. The summed E-state index contributed by atoms with van der Waals surface area (Å²) in [4.78, 5) is 9.50. The number of nitriles is 1. The summed E-state index contributed by atoms with van der Waals surface area (Å²) >= 11 is 0. The number of anilines is 1. The quantitative estimate of drug-likeness (QED) is 0.631. The van der Waals surface area contributed by atoms with Gasteiger partial charge in [-0.3, -0.25) is 0 Å². The number of aromatic nitrogens is 1. The SMILES string of the molecule is CC(C)C1CN(c2nc(C3CC3)c3c(c2C#N)CC(C)(C)OC3)CCN1C(O)OCC1CC1. The first-order valence-corrected chi connectivity index (χ1v) is 12.7. The van der Waals surface area contributed by atoms with Crippen LogP contribution >= 0.6 is 0 Å². The minimum atomic E-state index is -0.868. The van der Waals surface area contributed by atoms with Crippen LogP contribution < -0.4 is 4.90 Å². The van der Waals surface area contributed by atoms with Crippen LogP contribution in [0.4, 0.5) is 5.82 Å². The van der Waals surface area contributed by atoms with Crippen LogP contribution in [0.15, 0.2) is 0 Å². The Morgan fingerprint density at radius 1 is 1.21 bits per heavy atom. The van der Waals surface area contributed by atoms with E-state index in [1.807, 2.05) is 0 Å². The fourth-order valence-electron chi connectivity index (χ4n) is 5.31. The summed E-state index contributed by atoms with van der Waals surface area (Å²) in [6.07, 6.45) is 4.62. The molecule has 0 radical (unpaired) electrons. The number of hydrogen-bond acceptors (Lipinski definition) is 7. The first-order chi connectivity index (χ1) is 15.8. The highest BCUT2D eigenvalue weighted by molar-refractivity contribution is 5.62. The number of aliphatic hydroxyl groups is 1. The van der Waals surface area contributed by atoms with Crippen molar-refractivity contribution in [3.8, 4) is 6.07 Å². The second kappa shape index (κ2) is 8.81. The predicted octanol–water partition coefficient (Wildman–Crippen LogP) is 3.53. The Bertz CT molecular complexity index is 932. The van der Waals surface area contributed by atoms with Crippen LogP contribution in [0.3, 0.4) is 0 Å². The van der Waals surface area contributed by atoms with Crippen molar-refractivity contribution in [2.45, 2.75) is 90.4 Å². The minimum absolute atomic E-state index is 0.126. The van der Waals surface area contributed by atoms with Crippen molar-refractivity contribution < 1.29 is 14.6 Å². The molecule has 2 unspecified atom stereocenters. The number of piperazine rings is 1. The lowest BCUT2D eigenvalue weighted by atomic mass is 9.87. The van der Waals surface area contributed by atoms with Crippen LogP contribution in [-0.2, 0) is 22.5 Å². The summed E-state index contributed by atoms with van der Waals surface area (Å²) < 4.78 is 11.9. The molecule has 1 aromatic rings. The highest BCUT2D eigenvalue weighted by Crippen LogP contribution is 2.46. The Morgan fingerprint density at radius 3 is 2.61 bits per heavy atom. The van der Waals surface area contributed by atoms with Gasteiger partial charge in [-0.1, -0.05) is 13.8 Å². The number of pyridine rings is 1. The van der Waals surface area contributed by atoms with Gasteiger partial charge in [-0.25, -0.2) is 9.88 Å². The second-order valence-electron chi connectivity index (χ2n) is 11.4. The van der Waals surface area contributed by atoms with E-state index in [1.165, 1.54) is 25.7 Å². The summed E-state index contributed by atoms with van der Waals surface area (Å²) in [5.74, 6) is 2.28. The average Bonchev–Trinajstić information content (AvgIpc) is 3.69. The molecule has 1 N–H and O–H groups in total. The zero-order chi connectivity index (χ0) is 23.3. The van der Waals surface area contributed by atoms with E-state index in [2.05, 4.69) is 43.6 Å². The van der Waals surface area contributed by atoms with Gasteiger partial charge in [0.2, 0.25) is 6.41 Å². The van der Waals surface area contributed by atoms with Crippen molar-refractivity contribution in [1.82, 2.24) is 9.88 Å². The number of hydrogen-bond donors (Lipinski definition) is 1. The van der Waals surface area contributed by atoms with Gasteiger partial charge in [-0.15, -0.1) is 0 Å². The van der Waals surface area contributed by atoms with Crippen molar-refractivity contribution in [1.29, 1.82) is 5.26 Å². The zero-order valence-corrected chi connectivity index (χ0v) is 20.5. The molecule has 2 aliphatic carbocycles. The van der Waals surface area contributed by atoms with Crippen molar-refractivity contribution >= 4 is 5.82 Å². The summed E-state index contributed by atoms with van der Waals surface area (Å²) in [5.41, 5.74) is 3.87. The van der Waals surface area contributed by atoms with Gasteiger partial charge < -0.3 is 19.5 Å². The molecule has 33 heavy (non-hydrogen) atoms. The van der Waals surface area contributed by atoms with Gasteiger partial charge in [0.1, 0.15) is 11.9 Å². The number of fused-ring (bicyclic) bond motifs is 1. The summed E-state index contributed by atoms with van der Waals surface area (Å²) in [5, 5.41) is 21.0. The molecule has 5 rings (SSSR count). The molecule has 2 aliphatic heterocycles. The van der Waals surface area contributed by atoms with E-state index < -0.39 is 6.41 Å². The zero-order valence-electron chi connectivity index (χ0n) is 20.5. The average molecular weight is 455 g/mol. The molecule has 0 aromatic carbocycles. The molecule has 3 heterocycles. The standard InChI is InChI=1S/C26H38N4O3/c1-16(2)22-13-29(9-10-30(22)25(31)32-14-17-5-6-17)24-20(12-27)19-11-26(3,4)33-15-21(19)23(28-24)18-7-8-18/h16-18,22,25,31H,5-11,13-15H2,1-4H3. The van der Waals surface area contributed by atoms with Crippen molar-refractivity contribution in [2.75, 3.05) is 31.1 Å².